The molecule has 4 nitrogen and oxygen atoms in total. The van der Waals surface area contributed by atoms with Crippen LogP contribution in [-0.4, -0.2) is 21.5 Å². The maximum Gasteiger partial charge on any atom is 0.122 e. The predicted octanol–water partition coefficient (Wildman–Crippen LogP) is 2.78. The summed E-state index contributed by atoms with van der Waals surface area (Å²) in [4.78, 5) is 0. The number of hydrogen-bond acceptors (Lipinski definition) is 3. The molecule has 0 amide bonds. The van der Waals surface area contributed by atoms with Gasteiger partial charge in [-0.05, 0) is 37.0 Å². The molecule has 19 heavy (non-hydrogen) atoms. The van der Waals surface area contributed by atoms with Gasteiger partial charge in [-0.1, -0.05) is 20.8 Å². The molecule has 1 aliphatic rings. The van der Waals surface area contributed by atoms with E-state index < -0.39 is 0 Å². The molecule has 3 N–H and O–H groups in total. The number of aliphatic hydroxyl groups excluding tert-OH is 1. The lowest BCUT2D eigenvalue weighted by Gasteiger charge is -2.36. The molecule has 0 unspecified atom stereocenters. The van der Waals surface area contributed by atoms with Crippen LogP contribution in [0, 0.1) is 11.3 Å². The third-order valence-corrected chi connectivity index (χ3v) is 4.51. The van der Waals surface area contributed by atoms with Gasteiger partial charge in [-0.3, -0.25) is 0 Å². The van der Waals surface area contributed by atoms with Gasteiger partial charge in [-0.15, -0.1) is 0 Å². The lowest BCUT2D eigenvalue weighted by molar-refractivity contribution is 0.168. The largest absolute Gasteiger partial charge is 0.394 e. The Bertz CT molecular complexity index is 412. The first-order valence-corrected chi connectivity index (χ1v) is 7.36. The molecule has 0 radical (unpaired) electrons. The first-order valence-electron chi connectivity index (χ1n) is 7.36. The third kappa shape index (κ3) is 3.30. The highest BCUT2D eigenvalue weighted by molar-refractivity contribution is 5.32. The van der Waals surface area contributed by atoms with E-state index in [2.05, 4.69) is 25.9 Å². The van der Waals surface area contributed by atoms with E-state index in [1.807, 2.05) is 6.07 Å². The third-order valence-electron chi connectivity index (χ3n) is 4.51. The molecular weight excluding hydrogens is 238 g/mol. The van der Waals surface area contributed by atoms with Crippen LogP contribution < -0.4 is 5.73 Å². The molecule has 2 rings (SSSR count). The van der Waals surface area contributed by atoms with Crippen LogP contribution in [-0.2, 0) is 6.54 Å². The van der Waals surface area contributed by atoms with Crippen molar-refractivity contribution in [2.45, 2.75) is 58.9 Å². The highest BCUT2D eigenvalue weighted by atomic mass is 16.3. The fraction of sp³-hybridized carbons (Fsp3) is 0.800. The summed E-state index contributed by atoms with van der Waals surface area (Å²) in [6.45, 7) is 7.59. The van der Waals surface area contributed by atoms with Crippen molar-refractivity contribution < 1.29 is 5.11 Å². The van der Waals surface area contributed by atoms with Gasteiger partial charge >= 0.3 is 0 Å². The Balaban J connectivity index is 2.00. The second-order valence-electron chi connectivity index (χ2n) is 6.86. The van der Waals surface area contributed by atoms with Crippen molar-refractivity contribution in [1.29, 1.82) is 0 Å². The number of rotatable bonds is 3. The summed E-state index contributed by atoms with van der Waals surface area (Å²) >= 11 is 0. The van der Waals surface area contributed by atoms with Crippen LogP contribution in [0.3, 0.4) is 0 Å². The number of hydrogen-bond donors (Lipinski definition) is 2. The molecule has 1 fully saturated rings. The molecule has 4 heteroatoms. The Kier molecular flexibility index (Phi) is 4.19. The first kappa shape index (κ1) is 14.4. The molecule has 0 aliphatic heterocycles. The summed E-state index contributed by atoms with van der Waals surface area (Å²) in [5, 5.41) is 13.5. The summed E-state index contributed by atoms with van der Waals surface area (Å²) < 4.78 is 1.71. The lowest BCUT2D eigenvalue weighted by atomic mass is 9.69. The Morgan fingerprint density at radius 1 is 1.32 bits per heavy atom. The van der Waals surface area contributed by atoms with Crippen molar-refractivity contribution >= 4 is 5.82 Å². The topological polar surface area (TPSA) is 64.1 Å². The molecular formula is C15H27N3O. The fourth-order valence-electron chi connectivity index (χ4n) is 3.18. The van der Waals surface area contributed by atoms with Gasteiger partial charge in [0.1, 0.15) is 5.82 Å². The molecule has 1 saturated carbocycles. The smallest absolute Gasteiger partial charge is 0.122 e. The molecule has 1 heterocycles. The number of nitrogen functional groups attached to an aromatic ring is 1. The van der Waals surface area contributed by atoms with E-state index in [0.717, 1.165) is 11.6 Å². The van der Waals surface area contributed by atoms with Crippen molar-refractivity contribution in [2.24, 2.45) is 11.3 Å². The number of aromatic nitrogens is 2. The van der Waals surface area contributed by atoms with Crippen LogP contribution in [0.15, 0.2) is 6.07 Å². The normalized spacial score (nSPS) is 24.6. The van der Waals surface area contributed by atoms with Gasteiger partial charge in [-0.2, -0.15) is 5.10 Å². The molecule has 0 aromatic carbocycles. The molecule has 1 aromatic rings. The number of nitrogens with two attached hydrogens (primary N) is 1. The van der Waals surface area contributed by atoms with Crippen LogP contribution >= 0.6 is 0 Å². The monoisotopic (exact) mass is 265 g/mol. The van der Waals surface area contributed by atoms with Gasteiger partial charge in [0.15, 0.2) is 0 Å². The van der Waals surface area contributed by atoms with E-state index in [4.69, 9.17) is 10.8 Å². The average molecular weight is 265 g/mol. The van der Waals surface area contributed by atoms with E-state index in [0.29, 0.717) is 23.7 Å². The lowest BCUT2D eigenvalue weighted by Crippen LogP contribution is -2.25. The minimum atomic E-state index is 0.0854. The SMILES string of the molecule is CC(C)(C)C1CCC(c2cc(N)n(CCO)n2)CC1. The van der Waals surface area contributed by atoms with E-state index >= 15 is 0 Å². The van der Waals surface area contributed by atoms with Crippen molar-refractivity contribution in [3.8, 4) is 0 Å². The summed E-state index contributed by atoms with van der Waals surface area (Å²) in [6, 6.07) is 1.98. The van der Waals surface area contributed by atoms with E-state index in [1.54, 1.807) is 4.68 Å². The van der Waals surface area contributed by atoms with E-state index in [-0.39, 0.29) is 6.61 Å². The van der Waals surface area contributed by atoms with Crippen molar-refractivity contribution in [1.82, 2.24) is 9.78 Å². The zero-order valence-corrected chi connectivity index (χ0v) is 12.4. The first-order chi connectivity index (χ1) is 8.91. The Morgan fingerprint density at radius 2 is 1.95 bits per heavy atom. The van der Waals surface area contributed by atoms with Crippen LogP contribution in [0.1, 0.15) is 58.1 Å². The highest BCUT2D eigenvalue weighted by Crippen LogP contribution is 2.43. The molecule has 0 saturated heterocycles. The maximum absolute atomic E-state index is 8.97. The van der Waals surface area contributed by atoms with Gasteiger partial charge in [-0.25, -0.2) is 4.68 Å². The zero-order chi connectivity index (χ0) is 14.0. The van der Waals surface area contributed by atoms with E-state index in [9.17, 15) is 0 Å². The predicted molar refractivity (Wildman–Crippen MR) is 77.9 cm³/mol. The Hall–Kier alpha value is -1.03. The number of nitrogens with zero attached hydrogens (tertiary/aromatic N) is 2. The molecule has 0 atom stereocenters. The average Bonchev–Trinajstić information content (AvgIpc) is 2.71. The molecule has 0 bridgehead atoms. The standard InChI is InChI=1S/C15H27N3O/c1-15(2,3)12-6-4-11(5-7-12)13-10-14(16)18(17-13)8-9-19/h10-12,19H,4-9,16H2,1-3H3. The second-order valence-corrected chi connectivity index (χ2v) is 6.86. The van der Waals surface area contributed by atoms with Gasteiger partial charge in [0.2, 0.25) is 0 Å². The molecule has 1 aliphatic carbocycles. The minimum absolute atomic E-state index is 0.0854. The maximum atomic E-state index is 8.97. The van der Waals surface area contributed by atoms with Crippen molar-refractivity contribution in [3.63, 3.8) is 0 Å². The molecule has 0 spiro atoms. The zero-order valence-electron chi connectivity index (χ0n) is 12.4. The quantitative estimate of drug-likeness (QED) is 0.883. The van der Waals surface area contributed by atoms with Crippen molar-refractivity contribution in [2.75, 3.05) is 12.3 Å². The second kappa shape index (κ2) is 5.53. The summed E-state index contributed by atoms with van der Waals surface area (Å²) in [5.74, 6) is 2.03. The van der Waals surface area contributed by atoms with Crippen LogP contribution in [0.5, 0.6) is 0 Å². The van der Waals surface area contributed by atoms with Crippen LogP contribution in [0.2, 0.25) is 0 Å². The summed E-state index contributed by atoms with van der Waals surface area (Å²) in [7, 11) is 0. The Labute approximate surface area is 116 Å². The molecule has 1 aromatic heterocycles. The Morgan fingerprint density at radius 3 is 2.47 bits per heavy atom. The van der Waals surface area contributed by atoms with Gasteiger partial charge in [0.25, 0.3) is 0 Å². The van der Waals surface area contributed by atoms with E-state index in [1.165, 1.54) is 25.7 Å². The number of aliphatic hydroxyl groups is 1. The fourth-order valence-corrected chi connectivity index (χ4v) is 3.18. The highest BCUT2D eigenvalue weighted by Gasteiger charge is 2.31. The van der Waals surface area contributed by atoms with Crippen molar-refractivity contribution in [3.05, 3.63) is 11.8 Å². The minimum Gasteiger partial charge on any atom is -0.394 e. The van der Waals surface area contributed by atoms with Crippen LogP contribution in [0.25, 0.3) is 0 Å². The van der Waals surface area contributed by atoms with Gasteiger partial charge < -0.3 is 10.8 Å². The summed E-state index contributed by atoms with van der Waals surface area (Å²) in [5.41, 5.74) is 7.45. The number of anilines is 1. The van der Waals surface area contributed by atoms with Crippen LogP contribution in [0.4, 0.5) is 5.82 Å². The van der Waals surface area contributed by atoms with Gasteiger partial charge in [0.05, 0.1) is 18.8 Å². The molecule has 108 valence electrons. The summed E-state index contributed by atoms with van der Waals surface area (Å²) in [6.07, 6.45) is 4.97. The van der Waals surface area contributed by atoms with Gasteiger partial charge in [0, 0.05) is 12.0 Å².